The Kier molecular flexibility index (Phi) is 3.09. The van der Waals surface area contributed by atoms with Crippen LogP contribution in [0.15, 0.2) is 10.2 Å². The van der Waals surface area contributed by atoms with Crippen LogP contribution in [0.1, 0.15) is 13.8 Å². The normalized spacial score (nSPS) is 14.3. The number of carbonyl (C=O) groups is 2. The van der Waals surface area contributed by atoms with E-state index in [9.17, 15) is 14.7 Å². The summed E-state index contributed by atoms with van der Waals surface area (Å²) in [6.45, 7) is 0. The molecule has 0 spiro atoms. The summed E-state index contributed by atoms with van der Waals surface area (Å²) in [7, 11) is 0. The van der Waals surface area contributed by atoms with E-state index in [2.05, 4.69) is 10.2 Å². The van der Waals surface area contributed by atoms with Gasteiger partial charge in [0.25, 0.3) is 0 Å². The molecule has 66 valence electrons. The standard InChI is InChI=1S/C5H4N2O4.CH4/c8-4(9)2-1-3(5(10)11)7-6-2;/h1H2,(H,8,9)(H,10,11);1H4/p-1. The maximum absolute atomic E-state index is 10.2. The lowest BCUT2D eigenvalue weighted by Gasteiger charge is -1.96. The Morgan fingerprint density at radius 1 is 1.33 bits per heavy atom. The van der Waals surface area contributed by atoms with E-state index in [-0.39, 0.29) is 25.3 Å². The first kappa shape index (κ1) is 10.3. The van der Waals surface area contributed by atoms with Gasteiger partial charge in [0.1, 0.15) is 0 Å². The Morgan fingerprint density at radius 2 is 1.83 bits per heavy atom. The first-order valence-electron chi connectivity index (χ1n) is 2.69. The zero-order chi connectivity index (χ0) is 8.43. The second-order valence-electron chi connectivity index (χ2n) is 1.86. The molecule has 0 aromatic carbocycles. The molecule has 0 aliphatic carbocycles. The fourth-order valence-electron chi connectivity index (χ4n) is 0.581. The van der Waals surface area contributed by atoms with E-state index in [1.54, 1.807) is 0 Å². The minimum atomic E-state index is -1.48. The van der Waals surface area contributed by atoms with E-state index in [4.69, 9.17) is 5.11 Å². The van der Waals surface area contributed by atoms with Gasteiger partial charge in [0.15, 0.2) is 5.71 Å². The first-order valence-corrected chi connectivity index (χ1v) is 2.69. The quantitative estimate of drug-likeness (QED) is 0.555. The van der Waals surface area contributed by atoms with Gasteiger partial charge in [-0.3, -0.25) is 0 Å². The third kappa shape index (κ3) is 1.88. The molecule has 0 saturated heterocycles. The summed E-state index contributed by atoms with van der Waals surface area (Å²) in [5.41, 5.74) is -0.619. The molecule has 0 unspecified atom stereocenters. The van der Waals surface area contributed by atoms with E-state index < -0.39 is 11.9 Å². The lowest BCUT2D eigenvalue weighted by Crippen LogP contribution is -2.32. The lowest BCUT2D eigenvalue weighted by atomic mass is 10.2. The zero-order valence-electron chi connectivity index (χ0n) is 5.27. The molecule has 0 saturated carbocycles. The average Bonchev–Trinajstić information content (AvgIpc) is 2.33. The molecular formula is C6H7N2O4-. The van der Waals surface area contributed by atoms with E-state index in [1.165, 1.54) is 0 Å². The average molecular weight is 171 g/mol. The van der Waals surface area contributed by atoms with Gasteiger partial charge in [-0.25, -0.2) is 4.79 Å². The first-order chi connectivity index (χ1) is 5.11. The number of hydrogen-bond acceptors (Lipinski definition) is 5. The molecule has 6 nitrogen and oxygen atoms in total. The van der Waals surface area contributed by atoms with E-state index in [0.717, 1.165) is 0 Å². The molecule has 0 amide bonds. The van der Waals surface area contributed by atoms with E-state index in [0.29, 0.717) is 0 Å². The molecule has 0 bridgehead atoms. The number of nitrogens with zero attached hydrogens (tertiary/aromatic N) is 2. The van der Waals surface area contributed by atoms with Crippen LogP contribution in [0, 0.1) is 0 Å². The third-order valence-corrected chi connectivity index (χ3v) is 1.11. The monoisotopic (exact) mass is 171 g/mol. The van der Waals surface area contributed by atoms with Crippen LogP contribution in [0.25, 0.3) is 0 Å². The molecule has 0 aromatic heterocycles. The van der Waals surface area contributed by atoms with Crippen molar-refractivity contribution in [3.05, 3.63) is 0 Å². The van der Waals surface area contributed by atoms with Crippen molar-refractivity contribution < 1.29 is 19.8 Å². The Hall–Kier alpha value is -1.72. The van der Waals surface area contributed by atoms with Crippen LogP contribution < -0.4 is 5.11 Å². The van der Waals surface area contributed by atoms with Gasteiger partial charge in [0.05, 0.1) is 11.7 Å². The topological polar surface area (TPSA) is 102 Å². The highest BCUT2D eigenvalue weighted by molar-refractivity contribution is 6.49. The van der Waals surface area contributed by atoms with Crippen molar-refractivity contribution in [3.8, 4) is 0 Å². The molecule has 12 heavy (non-hydrogen) atoms. The number of rotatable bonds is 2. The molecule has 0 fully saturated rings. The predicted molar refractivity (Wildman–Crippen MR) is 38.9 cm³/mol. The number of carboxylic acid groups (broad SMARTS) is 2. The van der Waals surface area contributed by atoms with Gasteiger partial charge >= 0.3 is 5.97 Å². The third-order valence-electron chi connectivity index (χ3n) is 1.11. The van der Waals surface area contributed by atoms with Crippen molar-refractivity contribution in [2.45, 2.75) is 13.8 Å². The van der Waals surface area contributed by atoms with Crippen LogP contribution in [-0.2, 0) is 9.59 Å². The summed E-state index contributed by atoms with van der Waals surface area (Å²) in [6, 6.07) is 0. The lowest BCUT2D eigenvalue weighted by molar-refractivity contribution is -0.294. The summed E-state index contributed by atoms with van der Waals surface area (Å²) >= 11 is 0. The largest absolute Gasteiger partial charge is 0.543 e. The molecule has 1 N–H and O–H groups in total. The highest BCUT2D eigenvalue weighted by Crippen LogP contribution is 2.01. The number of carbonyl (C=O) groups excluding carboxylic acids is 1. The molecule has 0 aromatic rings. The van der Waals surface area contributed by atoms with Crippen LogP contribution in [0.3, 0.4) is 0 Å². The molecule has 1 heterocycles. The van der Waals surface area contributed by atoms with Gasteiger partial charge < -0.3 is 15.0 Å². The summed E-state index contributed by atoms with van der Waals surface area (Å²) < 4.78 is 0. The fraction of sp³-hybridized carbons (Fsp3) is 0.333. The maximum Gasteiger partial charge on any atom is 0.352 e. The van der Waals surface area contributed by atoms with E-state index >= 15 is 0 Å². The fourth-order valence-corrected chi connectivity index (χ4v) is 0.581. The van der Waals surface area contributed by atoms with Gasteiger partial charge in [-0.15, -0.1) is 5.10 Å². The summed E-state index contributed by atoms with van der Waals surface area (Å²) in [5, 5.41) is 24.6. The molecule has 0 atom stereocenters. The van der Waals surface area contributed by atoms with Crippen molar-refractivity contribution in [1.29, 1.82) is 0 Å². The molecule has 1 aliphatic rings. The van der Waals surface area contributed by atoms with Gasteiger partial charge in [-0.1, -0.05) is 7.43 Å². The second-order valence-corrected chi connectivity index (χ2v) is 1.86. The summed E-state index contributed by atoms with van der Waals surface area (Å²) in [5.74, 6) is -2.74. The van der Waals surface area contributed by atoms with Crippen LogP contribution in [-0.4, -0.2) is 28.5 Å². The number of aliphatic carboxylic acids is 2. The van der Waals surface area contributed by atoms with Crippen molar-refractivity contribution >= 4 is 23.4 Å². The highest BCUT2D eigenvalue weighted by Gasteiger charge is 2.18. The van der Waals surface area contributed by atoms with Crippen LogP contribution in [0.2, 0.25) is 0 Å². The van der Waals surface area contributed by atoms with Gasteiger partial charge in [-0.2, -0.15) is 5.10 Å². The Labute approximate surface area is 68.2 Å². The van der Waals surface area contributed by atoms with Gasteiger partial charge in [0, 0.05) is 6.42 Å². The second kappa shape index (κ2) is 3.61. The summed E-state index contributed by atoms with van der Waals surface area (Å²) in [6.07, 6.45) is -0.266. The van der Waals surface area contributed by atoms with Crippen LogP contribution >= 0.6 is 0 Å². The predicted octanol–water partition coefficient (Wildman–Crippen LogP) is -1.34. The number of hydrogen-bond donors (Lipinski definition) is 1. The molecule has 0 radical (unpaired) electrons. The van der Waals surface area contributed by atoms with Crippen LogP contribution in [0.4, 0.5) is 0 Å². The zero-order valence-corrected chi connectivity index (χ0v) is 5.27. The van der Waals surface area contributed by atoms with Crippen molar-refractivity contribution in [2.75, 3.05) is 0 Å². The number of carboxylic acids is 2. The Bertz CT molecular complexity index is 251. The van der Waals surface area contributed by atoms with Gasteiger partial charge in [0.2, 0.25) is 0 Å². The molecule has 1 aliphatic heterocycles. The molecule has 1 rings (SSSR count). The molecular weight excluding hydrogens is 164 g/mol. The van der Waals surface area contributed by atoms with Crippen molar-refractivity contribution in [3.63, 3.8) is 0 Å². The van der Waals surface area contributed by atoms with Crippen LogP contribution in [0.5, 0.6) is 0 Å². The highest BCUT2D eigenvalue weighted by atomic mass is 16.4. The summed E-state index contributed by atoms with van der Waals surface area (Å²) in [4.78, 5) is 20.2. The Balaban J connectivity index is 0.00000121. The van der Waals surface area contributed by atoms with Crippen molar-refractivity contribution in [2.24, 2.45) is 10.2 Å². The Morgan fingerprint density at radius 3 is 2.08 bits per heavy atom. The van der Waals surface area contributed by atoms with Crippen molar-refractivity contribution in [1.82, 2.24) is 0 Å². The molecule has 6 heteroatoms. The van der Waals surface area contributed by atoms with Gasteiger partial charge in [-0.05, 0) is 0 Å². The maximum atomic E-state index is 10.2. The SMILES string of the molecule is C.O=C([O-])C1=NN=C(C(=O)O)C1. The smallest absolute Gasteiger partial charge is 0.352 e. The minimum absolute atomic E-state index is 0. The minimum Gasteiger partial charge on any atom is -0.543 e. The van der Waals surface area contributed by atoms with E-state index in [1.807, 2.05) is 0 Å².